The third kappa shape index (κ3) is 4.30. The van der Waals surface area contributed by atoms with Gasteiger partial charge in [0.2, 0.25) is 0 Å². The number of carbonyl (C=O) groups is 1. The molecule has 0 heterocycles. The smallest absolute Gasteiger partial charge is 0.251 e. The Morgan fingerprint density at radius 3 is 1.20 bits per heavy atom. The number of carbonyl (C=O) groups excluding carboxylic acids is 1. The van der Waals surface area contributed by atoms with Crippen molar-refractivity contribution in [1.82, 2.24) is 5.32 Å². The molecule has 0 aliphatic heterocycles. The SMILES string of the molecule is CNC(=O)c1ccc(-c2ccc([P+](c3ccccc3)(c3ccccc3)c3ccccc3)cc2)cc1. The van der Waals surface area contributed by atoms with E-state index in [2.05, 4.69) is 121 Å². The Kier molecular flexibility index (Phi) is 6.57. The second-order valence-electron chi connectivity index (χ2n) is 8.38. The first-order valence-electron chi connectivity index (χ1n) is 11.7. The summed E-state index contributed by atoms with van der Waals surface area (Å²) in [5, 5.41) is 7.99. The van der Waals surface area contributed by atoms with Gasteiger partial charge in [-0.2, -0.15) is 0 Å². The molecule has 1 amide bonds. The van der Waals surface area contributed by atoms with Gasteiger partial charge in [0.05, 0.1) is 0 Å². The van der Waals surface area contributed by atoms with E-state index in [0.717, 1.165) is 11.1 Å². The van der Waals surface area contributed by atoms with Crippen LogP contribution in [0.3, 0.4) is 0 Å². The third-order valence-corrected chi connectivity index (χ3v) is 10.7. The molecular weight excluding hydrogens is 445 g/mol. The Morgan fingerprint density at radius 1 is 0.486 bits per heavy atom. The summed E-state index contributed by atoms with van der Waals surface area (Å²) in [6, 6.07) is 49.4. The highest BCUT2D eigenvalue weighted by molar-refractivity contribution is 8.01. The van der Waals surface area contributed by atoms with E-state index in [1.54, 1.807) is 7.05 Å². The van der Waals surface area contributed by atoms with Crippen molar-refractivity contribution in [2.45, 2.75) is 0 Å². The van der Waals surface area contributed by atoms with Gasteiger partial charge in [0.1, 0.15) is 28.5 Å². The molecular formula is C32H27NOP+. The van der Waals surface area contributed by atoms with Crippen LogP contribution in [0.15, 0.2) is 140 Å². The first-order valence-corrected chi connectivity index (χ1v) is 13.5. The minimum absolute atomic E-state index is 0.0740. The third-order valence-electron chi connectivity index (χ3n) is 6.39. The van der Waals surface area contributed by atoms with Crippen LogP contribution >= 0.6 is 7.26 Å². The fourth-order valence-electron chi connectivity index (χ4n) is 4.69. The van der Waals surface area contributed by atoms with Crippen LogP contribution in [0.4, 0.5) is 0 Å². The molecule has 5 aromatic carbocycles. The van der Waals surface area contributed by atoms with E-state index in [4.69, 9.17) is 0 Å². The van der Waals surface area contributed by atoms with Gasteiger partial charge in [-0.05, 0) is 71.8 Å². The lowest BCUT2D eigenvalue weighted by Gasteiger charge is -2.27. The van der Waals surface area contributed by atoms with Crippen molar-refractivity contribution in [3.8, 4) is 11.1 Å². The van der Waals surface area contributed by atoms with E-state index in [1.165, 1.54) is 21.2 Å². The van der Waals surface area contributed by atoms with Gasteiger partial charge in [0.25, 0.3) is 5.91 Å². The highest BCUT2D eigenvalue weighted by atomic mass is 31.2. The summed E-state index contributed by atoms with van der Waals surface area (Å²) >= 11 is 0. The molecule has 0 fully saturated rings. The minimum atomic E-state index is -2.10. The maximum absolute atomic E-state index is 11.9. The van der Waals surface area contributed by atoms with Gasteiger partial charge in [0.15, 0.2) is 0 Å². The molecule has 0 saturated heterocycles. The number of benzene rings is 5. The van der Waals surface area contributed by atoms with E-state index in [0.29, 0.717) is 5.56 Å². The molecule has 0 unspecified atom stereocenters. The van der Waals surface area contributed by atoms with Crippen molar-refractivity contribution < 1.29 is 4.79 Å². The molecule has 170 valence electrons. The molecule has 0 aliphatic carbocycles. The van der Waals surface area contributed by atoms with Gasteiger partial charge in [-0.15, -0.1) is 0 Å². The average Bonchev–Trinajstić information content (AvgIpc) is 2.95. The number of hydrogen-bond acceptors (Lipinski definition) is 1. The molecule has 0 aromatic heterocycles. The second kappa shape index (κ2) is 10.1. The fraction of sp³-hybridized carbons (Fsp3) is 0.0312. The molecule has 0 aliphatic rings. The second-order valence-corrected chi connectivity index (χ2v) is 11.8. The normalized spacial score (nSPS) is 11.1. The number of nitrogens with one attached hydrogen (secondary N) is 1. The molecule has 3 heteroatoms. The largest absolute Gasteiger partial charge is 0.355 e. The Balaban J connectivity index is 1.67. The molecule has 35 heavy (non-hydrogen) atoms. The van der Waals surface area contributed by atoms with Gasteiger partial charge in [-0.3, -0.25) is 4.79 Å². The van der Waals surface area contributed by atoms with E-state index >= 15 is 0 Å². The predicted molar refractivity (Wildman–Crippen MR) is 150 cm³/mol. The van der Waals surface area contributed by atoms with Crippen molar-refractivity contribution >= 4 is 34.4 Å². The molecule has 0 spiro atoms. The lowest BCUT2D eigenvalue weighted by molar-refractivity contribution is 0.0963. The van der Waals surface area contributed by atoms with E-state index in [1.807, 2.05) is 24.3 Å². The summed E-state index contributed by atoms with van der Waals surface area (Å²) < 4.78 is 0. The van der Waals surface area contributed by atoms with Gasteiger partial charge < -0.3 is 5.32 Å². The average molecular weight is 473 g/mol. The van der Waals surface area contributed by atoms with Crippen LogP contribution in [0.2, 0.25) is 0 Å². The number of rotatable bonds is 6. The van der Waals surface area contributed by atoms with Crippen molar-refractivity contribution in [3.63, 3.8) is 0 Å². The molecule has 5 aromatic rings. The zero-order valence-electron chi connectivity index (χ0n) is 19.6. The lowest BCUT2D eigenvalue weighted by Crippen LogP contribution is -2.38. The minimum Gasteiger partial charge on any atom is -0.355 e. The maximum Gasteiger partial charge on any atom is 0.251 e. The first kappa shape index (κ1) is 22.8. The van der Waals surface area contributed by atoms with Crippen LogP contribution in [-0.2, 0) is 0 Å². The highest BCUT2D eigenvalue weighted by Crippen LogP contribution is 2.54. The van der Waals surface area contributed by atoms with E-state index < -0.39 is 7.26 Å². The molecule has 2 nitrogen and oxygen atoms in total. The van der Waals surface area contributed by atoms with Crippen molar-refractivity contribution in [2.24, 2.45) is 0 Å². The van der Waals surface area contributed by atoms with Crippen molar-refractivity contribution in [1.29, 1.82) is 0 Å². The van der Waals surface area contributed by atoms with Gasteiger partial charge >= 0.3 is 0 Å². The number of amides is 1. The van der Waals surface area contributed by atoms with Gasteiger partial charge in [-0.1, -0.05) is 78.9 Å². The molecule has 0 radical (unpaired) electrons. The lowest BCUT2D eigenvalue weighted by atomic mass is 10.0. The Labute approximate surface area is 207 Å². The highest BCUT2D eigenvalue weighted by Gasteiger charge is 2.47. The van der Waals surface area contributed by atoms with Crippen LogP contribution in [0.25, 0.3) is 11.1 Å². The quantitative estimate of drug-likeness (QED) is 0.333. The van der Waals surface area contributed by atoms with Crippen LogP contribution in [0, 0.1) is 0 Å². The summed E-state index contributed by atoms with van der Waals surface area (Å²) in [7, 11) is -0.446. The fourth-order valence-corrected chi connectivity index (χ4v) is 8.93. The Morgan fingerprint density at radius 2 is 0.829 bits per heavy atom. The first-order chi connectivity index (χ1) is 17.2. The summed E-state index contributed by atoms with van der Waals surface area (Å²) in [6.07, 6.45) is 0. The summed E-state index contributed by atoms with van der Waals surface area (Å²) in [6.45, 7) is 0. The number of hydrogen-bond donors (Lipinski definition) is 1. The van der Waals surface area contributed by atoms with Crippen LogP contribution in [0.1, 0.15) is 10.4 Å². The van der Waals surface area contributed by atoms with E-state index in [-0.39, 0.29) is 5.91 Å². The van der Waals surface area contributed by atoms with Crippen LogP contribution in [-0.4, -0.2) is 13.0 Å². The Bertz CT molecular complexity index is 1300. The zero-order valence-corrected chi connectivity index (χ0v) is 20.5. The van der Waals surface area contributed by atoms with Crippen LogP contribution < -0.4 is 26.5 Å². The van der Waals surface area contributed by atoms with Crippen molar-refractivity contribution in [3.05, 3.63) is 145 Å². The zero-order chi connectivity index (χ0) is 24.1. The summed E-state index contributed by atoms with van der Waals surface area (Å²) in [5.41, 5.74) is 2.88. The Hall–Kier alpha value is -4.00. The molecule has 0 bridgehead atoms. The summed E-state index contributed by atoms with van der Waals surface area (Å²) in [5.74, 6) is -0.0740. The topological polar surface area (TPSA) is 29.1 Å². The molecule has 0 atom stereocenters. The maximum atomic E-state index is 11.9. The van der Waals surface area contributed by atoms with Crippen molar-refractivity contribution in [2.75, 3.05) is 7.05 Å². The van der Waals surface area contributed by atoms with Crippen LogP contribution in [0.5, 0.6) is 0 Å². The molecule has 0 saturated carbocycles. The monoisotopic (exact) mass is 472 g/mol. The van der Waals surface area contributed by atoms with Gasteiger partial charge in [-0.25, -0.2) is 0 Å². The standard InChI is InChI=1S/C32H26NOP/c1-33-32(34)27-19-17-25(18-20-27)26-21-23-31(24-22-26)35(28-11-5-2-6-12-28,29-13-7-3-8-14-29)30-15-9-4-10-16-30/h2-24H,1H3/p+1. The predicted octanol–water partition coefficient (Wildman–Crippen LogP) is 5.33. The van der Waals surface area contributed by atoms with E-state index in [9.17, 15) is 4.79 Å². The molecule has 1 N–H and O–H groups in total. The molecule has 5 rings (SSSR count). The van der Waals surface area contributed by atoms with Gasteiger partial charge in [0, 0.05) is 12.6 Å². The summed E-state index contributed by atoms with van der Waals surface area (Å²) in [4.78, 5) is 11.9.